The summed E-state index contributed by atoms with van der Waals surface area (Å²) < 4.78 is 0. The van der Waals surface area contributed by atoms with Crippen LogP contribution in [0.25, 0.3) is 0 Å². The molecule has 0 unspecified atom stereocenters. The van der Waals surface area contributed by atoms with Gasteiger partial charge in [0.05, 0.1) is 5.69 Å². The number of aromatic nitrogens is 1. The zero-order valence-electron chi connectivity index (χ0n) is 13.3. The van der Waals surface area contributed by atoms with Gasteiger partial charge in [0, 0.05) is 25.8 Å². The van der Waals surface area contributed by atoms with Crippen molar-refractivity contribution in [3.05, 3.63) is 102 Å². The highest BCUT2D eigenvalue weighted by atomic mass is 15.1. The lowest BCUT2D eigenvalue weighted by Crippen LogP contribution is -2.25. The van der Waals surface area contributed by atoms with Gasteiger partial charge in [0.25, 0.3) is 0 Å². The Hall–Kier alpha value is -2.45. The second kappa shape index (κ2) is 8.25. The van der Waals surface area contributed by atoms with Gasteiger partial charge in [0.1, 0.15) is 0 Å². The minimum atomic E-state index is 0.878. The Morgan fingerprint density at radius 1 is 0.652 bits per heavy atom. The predicted molar refractivity (Wildman–Crippen MR) is 94.9 cm³/mol. The van der Waals surface area contributed by atoms with Gasteiger partial charge in [-0.25, -0.2) is 0 Å². The summed E-state index contributed by atoms with van der Waals surface area (Å²) in [6.07, 6.45) is 2.92. The van der Waals surface area contributed by atoms with Crippen molar-refractivity contribution in [1.82, 2.24) is 9.88 Å². The first-order valence-corrected chi connectivity index (χ1v) is 8.10. The van der Waals surface area contributed by atoms with E-state index < -0.39 is 0 Å². The van der Waals surface area contributed by atoms with Gasteiger partial charge in [-0.1, -0.05) is 66.7 Å². The summed E-state index contributed by atoms with van der Waals surface area (Å²) in [5.74, 6) is 0. The van der Waals surface area contributed by atoms with Crippen LogP contribution in [0.2, 0.25) is 0 Å². The van der Waals surface area contributed by atoms with E-state index in [-0.39, 0.29) is 0 Å². The van der Waals surface area contributed by atoms with Crippen molar-refractivity contribution in [2.24, 2.45) is 0 Å². The van der Waals surface area contributed by atoms with Crippen molar-refractivity contribution in [3.63, 3.8) is 0 Å². The van der Waals surface area contributed by atoms with Crippen molar-refractivity contribution < 1.29 is 0 Å². The smallest absolute Gasteiger partial charge is 0.0544 e. The standard InChI is InChI=1S/C21H22N2/c1-3-9-19(10-4-1)14-16-23(17-20-11-5-2-6-12-20)18-21-13-7-8-15-22-21/h1-13,15H,14,16-18H2. The largest absolute Gasteiger partial charge is 0.293 e. The zero-order chi connectivity index (χ0) is 15.7. The summed E-state index contributed by atoms with van der Waals surface area (Å²) in [6.45, 7) is 2.85. The van der Waals surface area contributed by atoms with Gasteiger partial charge in [0.15, 0.2) is 0 Å². The summed E-state index contributed by atoms with van der Waals surface area (Å²) in [7, 11) is 0. The maximum atomic E-state index is 4.47. The zero-order valence-corrected chi connectivity index (χ0v) is 13.3. The van der Waals surface area contributed by atoms with E-state index in [0.717, 1.165) is 31.7 Å². The van der Waals surface area contributed by atoms with Gasteiger partial charge in [-0.3, -0.25) is 9.88 Å². The van der Waals surface area contributed by atoms with Crippen LogP contribution in [0.3, 0.4) is 0 Å². The highest BCUT2D eigenvalue weighted by Gasteiger charge is 2.08. The van der Waals surface area contributed by atoms with E-state index in [1.165, 1.54) is 11.1 Å². The molecule has 0 saturated heterocycles. The average molecular weight is 302 g/mol. The van der Waals surface area contributed by atoms with Crippen LogP contribution in [-0.2, 0) is 19.5 Å². The summed E-state index contributed by atoms with van der Waals surface area (Å²) in [6, 6.07) is 27.4. The topological polar surface area (TPSA) is 16.1 Å². The van der Waals surface area contributed by atoms with Crippen LogP contribution in [-0.4, -0.2) is 16.4 Å². The van der Waals surface area contributed by atoms with Gasteiger partial charge in [-0.05, 0) is 29.7 Å². The molecular weight excluding hydrogens is 280 g/mol. The third kappa shape index (κ3) is 5.04. The third-order valence-electron chi connectivity index (χ3n) is 3.92. The first-order valence-electron chi connectivity index (χ1n) is 8.10. The molecule has 2 nitrogen and oxygen atoms in total. The monoisotopic (exact) mass is 302 g/mol. The minimum absolute atomic E-state index is 0.878. The van der Waals surface area contributed by atoms with E-state index >= 15 is 0 Å². The molecule has 1 aromatic heterocycles. The molecule has 0 amide bonds. The van der Waals surface area contributed by atoms with E-state index in [4.69, 9.17) is 0 Å². The highest BCUT2D eigenvalue weighted by Crippen LogP contribution is 2.10. The molecule has 2 aromatic carbocycles. The molecule has 2 heteroatoms. The number of nitrogens with zero attached hydrogens (tertiary/aromatic N) is 2. The quantitative estimate of drug-likeness (QED) is 0.646. The maximum Gasteiger partial charge on any atom is 0.0544 e. The average Bonchev–Trinajstić information content (AvgIpc) is 2.62. The van der Waals surface area contributed by atoms with Crippen LogP contribution in [0.5, 0.6) is 0 Å². The Labute approximate surface area is 138 Å². The van der Waals surface area contributed by atoms with Crippen LogP contribution >= 0.6 is 0 Å². The normalized spacial score (nSPS) is 10.8. The number of pyridine rings is 1. The molecule has 0 aliphatic heterocycles. The van der Waals surface area contributed by atoms with Gasteiger partial charge in [-0.2, -0.15) is 0 Å². The lowest BCUT2D eigenvalue weighted by molar-refractivity contribution is 0.257. The Kier molecular flexibility index (Phi) is 5.54. The number of rotatable bonds is 7. The maximum absolute atomic E-state index is 4.47. The summed E-state index contributed by atoms with van der Waals surface area (Å²) in [5, 5.41) is 0. The van der Waals surface area contributed by atoms with Gasteiger partial charge in [-0.15, -0.1) is 0 Å². The minimum Gasteiger partial charge on any atom is -0.293 e. The predicted octanol–water partition coefficient (Wildman–Crippen LogP) is 4.33. The second-order valence-corrected chi connectivity index (χ2v) is 5.75. The Balaban J connectivity index is 1.67. The Morgan fingerprint density at radius 2 is 1.30 bits per heavy atom. The molecule has 3 rings (SSSR count). The van der Waals surface area contributed by atoms with Gasteiger partial charge >= 0.3 is 0 Å². The van der Waals surface area contributed by atoms with E-state index in [0.29, 0.717) is 0 Å². The van der Waals surface area contributed by atoms with Crippen LogP contribution in [0.15, 0.2) is 85.1 Å². The molecule has 116 valence electrons. The first-order chi connectivity index (χ1) is 11.4. The molecule has 0 atom stereocenters. The van der Waals surface area contributed by atoms with Crippen molar-refractivity contribution in [2.75, 3.05) is 6.54 Å². The number of hydrogen-bond acceptors (Lipinski definition) is 2. The van der Waals surface area contributed by atoms with Crippen LogP contribution in [0, 0.1) is 0 Å². The number of hydrogen-bond donors (Lipinski definition) is 0. The van der Waals surface area contributed by atoms with Crippen molar-refractivity contribution in [3.8, 4) is 0 Å². The SMILES string of the molecule is c1ccc(CCN(Cc2ccccc2)Cc2ccccn2)cc1. The summed E-state index contributed by atoms with van der Waals surface area (Å²) in [4.78, 5) is 6.94. The van der Waals surface area contributed by atoms with Crippen molar-refractivity contribution in [1.29, 1.82) is 0 Å². The lowest BCUT2D eigenvalue weighted by Gasteiger charge is -2.22. The molecule has 0 N–H and O–H groups in total. The fourth-order valence-corrected chi connectivity index (χ4v) is 2.71. The van der Waals surface area contributed by atoms with Gasteiger partial charge < -0.3 is 0 Å². The Morgan fingerprint density at radius 3 is 1.96 bits per heavy atom. The molecule has 0 radical (unpaired) electrons. The van der Waals surface area contributed by atoms with E-state index in [2.05, 4.69) is 82.7 Å². The summed E-state index contributed by atoms with van der Waals surface area (Å²) >= 11 is 0. The van der Waals surface area contributed by atoms with Crippen molar-refractivity contribution in [2.45, 2.75) is 19.5 Å². The molecule has 0 saturated carbocycles. The highest BCUT2D eigenvalue weighted by molar-refractivity contribution is 5.16. The third-order valence-corrected chi connectivity index (χ3v) is 3.92. The van der Waals surface area contributed by atoms with Crippen LogP contribution in [0.1, 0.15) is 16.8 Å². The molecule has 23 heavy (non-hydrogen) atoms. The first kappa shape index (κ1) is 15.4. The molecule has 1 heterocycles. The molecule has 3 aromatic rings. The van der Waals surface area contributed by atoms with E-state index in [1.54, 1.807) is 0 Å². The van der Waals surface area contributed by atoms with Crippen LogP contribution in [0.4, 0.5) is 0 Å². The van der Waals surface area contributed by atoms with E-state index in [9.17, 15) is 0 Å². The van der Waals surface area contributed by atoms with Crippen molar-refractivity contribution >= 4 is 0 Å². The molecule has 0 aliphatic carbocycles. The molecule has 0 bridgehead atoms. The Bertz CT molecular complexity index is 639. The molecule has 0 fully saturated rings. The van der Waals surface area contributed by atoms with E-state index in [1.807, 2.05) is 12.3 Å². The fourth-order valence-electron chi connectivity index (χ4n) is 2.71. The second-order valence-electron chi connectivity index (χ2n) is 5.75. The summed E-state index contributed by atoms with van der Waals surface area (Å²) in [5.41, 5.74) is 3.85. The molecule has 0 spiro atoms. The van der Waals surface area contributed by atoms with Crippen LogP contribution < -0.4 is 0 Å². The number of benzene rings is 2. The molecule has 0 aliphatic rings. The lowest BCUT2D eigenvalue weighted by atomic mass is 10.1. The van der Waals surface area contributed by atoms with Gasteiger partial charge in [0.2, 0.25) is 0 Å². The fraction of sp³-hybridized carbons (Fsp3) is 0.190. The molecular formula is C21H22N2.